The van der Waals surface area contributed by atoms with Gasteiger partial charge in [0.05, 0.1) is 28.9 Å². The predicted molar refractivity (Wildman–Crippen MR) is 158 cm³/mol. The fourth-order valence-electron chi connectivity index (χ4n) is 5.67. The van der Waals surface area contributed by atoms with E-state index in [1.807, 2.05) is 37.1 Å². The molecule has 0 radical (unpaired) electrons. The highest BCUT2D eigenvalue weighted by Gasteiger charge is 2.30. The molecular weight excluding hydrogens is 506 g/mol. The van der Waals surface area contributed by atoms with Crippen LogP contribution in [-0.2, 0) is 13.0 Å². The Bertz CT molecular complexity index is 1590. The number of anilines is 3. The summed E-state index contributed by atoms with van der Waals surface area (Å²) < 4.78 is 8.02. The van der Waals surface area contributed by atoms with Crippen LogP contribution < -0.4 is 15.0 Å². The van der Waals surface area contributed by atoms with Crippen molar-refractivity contribution in [1.82, 2.24) is 19.4 Å². The number of hydrogen-bond acceptors (Lipinski definition) is 8. The Labute approximate surface area is 233 Å². The topological polar surface area (TPSA) is 102 Å². The molecule has 0 unspecified atom stereocenters. The van der Waals surface area contributed by atoms with E-state index in [0.29, 0.717) is 35.5 Å². The average Bonchev–Trinajstić information content (AvgIpc) is 3.73. The van der Waals surface area contributed by atoms with Gasteiger partial charge in [-0.25, -0.2) is 9.97 Å². The molecule has 208 valence electrons. The number of benzene rings is 2. The van der Waals surface area contributed by atoms with Crippen LogP contribution in [0.2, 0.25) is 0 Å². The van der Waals surface area contributed by atoms with Crippen molar-refractivity contribution < 1.29 is 9.66 Å². The first-order chi connectivity index (χ1) is 19.3. The zero-order valence-electron chi connectivity index (χ0n) is 23.5. The van der Waals surface area contributed by atoms with Crippen LogP contribution in [0, 0.1) is 10.1 Å². The zero-order valence-corrected chi connectivity index (χ0v) is 23.5. The molecule has 1 fully saturated rings. The summed E-state index contributed by atoms with van der Waals surface area (Å²) in [6.07, 6.45) is 8.64. The number of ether oxygens (including phenoxy) is 1. The Hall–Kier alpha value is -4.18. The number of likely N-dealkylation sites (N-methyl/N-ethyl adjacent to an activating group) is 2. The summed E-state index contributed by atoms with van der Waals surface area (Å²) in [5.41, 5.74) is 6.81. The van der Waals surface area contributed by atoms with E-state index in [4.69, 9.17) is 9.72 Å². The van der Waals surface area contributed by atoms with E-state index in [-0.39, 0.29) is 10.6 Å². The van der Waals surface area contributed by atoms with Gasteiger partial charge in [0.15, 0.2) is 0 Å². The summed E-state index contributed by atoms with van der Waals surface area (Å²) in [4.78, 5) is 25.3. The third-order valence-electron chi connectivity index (χ3n) is 7.95. The fraction of sp³-hybridized carbons (Fsp3) is 0.400. The van der Waals surface area contributed by atoms with Gasteiger partial charge in [-0.2, -0.15) is 0 Å². The maximum Gasteiger partial charge on any atom is 0.294 e. The first-order valence-corrected chi connectivity index (χ1v) is 13.8. The van der Waals surface area contributed by atoms with Gasteiger partial charge in [0.1, 0.15) is 11.4 Å². The van der Waals surface area contributed by atoms with Crippen molar-refractivity contribution in [2.45, 2.75) is 38.1 Å². The van der Waals surface area contributed by atoms with Crippen molar-refractivity contribution in [3.05, 3.63) is 64.0 Å². The van der Waals surface area contributed by atoms with Gasteiger partial charge in [0.25, 0.3) is 5.69 Å². The second-order valence-electron chi connectivity index (χ2n) is 11.1. The summed E-state index contributed by atoms with van der Waals surface area (Å²) in [6, 6.07) is 9.76. The number of para-hydroxylation sites is 1. The highest BCUT2D eigenvalue weighted by molar-refractivity contribution is 5.98. The number of hydrogen-bond donors (Lipinski definition) is 1. The third-order valence-corrected chi connectivity index (χ3v) is 7.95. The summed E-state index contributed by atoms with van der Waals surface area (Å²) >= 11 is 0. The van der Waals surface area contributed by atoms with E-state index in [1.54, 1.807) is 13.2 Å². The van der Waals surface area contributed by atoms with E-state index in [1.165, 1.54) is 22.5 Å². The third kappa shape index (κ3) is 4.83. The van der Waals surface area contributed by atoms with E-state index >= 15 is 0 Å². The smallest absolute Gasteiger partial charge is 0.294 e. The lowest BCUT2D eigenvalue weighted by Gasteiger charge is -2.22. The summed E-state index contributed by atoms with van der Waals surface area (Å²) in [5.74, 6) is 1.33. The molecule has 4 aromatic rings. The standard InChI is InChI=1S/C30H35N7O3/c1-34(2)13-14-35(3)25-16-27(40-4)24(15-26(25)37(38)39)32-30-31-17-22(19-10-11-19)28(33-30)23-18-36-12-6-8-20-7-5-9-21(23)29(20)36/h5,7,9,15-19H,6,8,10-14H2,1-4H3,(H,31,32,33). The van der Waals surface area contributed by atoms with Crippen LogP contribution in [0.3, 0.4) is 0 Å². The molecule has 1 aliphatic heterocycles. The second kappa shape index (κ2) is 10.4. The second-order valence-corrected chi connectivity index (χ2v) is 11.1. The van der Waals surface area contributed by atoms with Crippen molar-refractivity contribution in [3.63, 3.8) is 0 Å². The molecule has 1 saturated carbocycles. The first-order valence-electron chi connectivity index (χ1n) is 13.8. The number of aromatic nitrogens is 3. The molecule has 0 spiro atoms. The Balaban J connectivity index is 1.40. The van der Waals surface area contributed by atoms with Crippen LogP contribution in [0.4, 0.5) is 23.0 Å². The molecule has 0 amide bonds. The lowest BCUT2D eigenvalue weighted by molar-refractivity contribution is -0.384. The van der Waals surface area contributed by atoms with Crippen LogP contribution in [0.5, 0.6) is 5.75 Å². The predicted octanol–water partition coefficient (Wildman–Crippen LogP) is 5.58. The SMILES string of the molecule is COc1cc(N(C)CCN(C)C)c([N+](=O)[O-])cc1Nc1ncc(C2CC2)c(-c2cn3c4c(cccc24)CCC3)n1. The van der Waals surface area contributed by atoms with Crippen molar-refractivity contribution >= 4 is 33.9 Å². The highest BCUT2D eigenvalue weighted by atomic mass is 16.6. The van der Waals surface area contributed by atoms with Gasteiger partial charge in [0.2, 0.25) is 5.95 Å². The molecule has 1 aliphatic carbocycles. The minimum Gasteiger partial charge on any atom is -0.494 e. The Kier molecular flexibility index (Phi) is 6.79. The number of rotatable bonds is 10. The van der Waals surface area contributed by atoms with Gasteiger partial charge in [-0.1, -0.05) is 18.2 Å². The molecule has 3 heterocycles. The molecular formula is C30H35N7O3. The highest BCUT2D eigenvalue weighted by Crippen LogP contribution is 2.46. The number of nitrogens with zero attached hydrogens (tertiary/aromatic N) is 6. The normalized spacial score (nSPS) is 14.5. The minimum atomic E-state index is -0.359. The Morgan fingerprint density at radius 1 is 1.20 bits per heavy atom. The van der Waals surface area contributed by atoms with Crippen LogP contribution in [0.1, 0.15) is 36.3 Å². The van der Waals surface area contributed by atoms with Crippen molar-refractivity contribution in [2.75, 3.05) is 51.6 Å². The molecule has 0 atom stereocenters. The molecule has 6 rings (SSSR count). The zero-order chi connectivity index (χ0) is 28.0. The molecule has 2 aromatic heterocycles. The van der Waals surface area contributed by atoms with Gasteiger partial charge in [-0.3, -0.25) is 10.1 Å². The minimum absolute atomic E-state index is 0.00614. The van der Waals surface area contributed by atoms with Gasteiger partial charge >= 0.3 is 0 Å². The first kappa shape index (κ1) is 26.1. The number of nitrogens with one attached hydrogen (secondary N) is 1. The number of nitro groups is 1. The molecule has 0 saturated heterocycles. The van der Waals surface area contributed by atoms with Gasteiger partial charge in [0, 0.05) is 67.7 Å². The maximum absolute atomic E-state index is 12.1. The number of methoxy groups -OCH3 is 1. The molecule has 2 aliphatic rings. The number of nitro benzene ring substituents is 1. The molecule has 1 N–H and O–H groups in total. The van der Waals surface area contributed by atoms with Crippen LogP contribution in [0.25, 0.3) is 22.2 Å². The monoisotopic (exact) mass is 541 g/mol. The van der Waals surface area contributed by atoms with E-state index in [9.17, 15) is 10.1 Å². The van der Waals surface area contributed by atoms with E-state index in [2.05, 4.69) is 39.3 Å². The van der Waals surface area contributed by atoms with Crippen LogP contribution in [-0.4, -0.2) is 65.7 Å². The van der Waals surface area contributed by atoms with Gasteiger partial charge in [-0.15, -0.1) is 0 Å². The molecule has 40 heavy (non-hydrogen) atoms. The van der Waals surface area contributed by atoms with Crippen LogP contribution in [0.15, 0.2) is 42.7 Å². The maximum atomic E-state index is 12.1. The molecule has 0 bridgehead atoms. The van der Waals surface area contributed by atoms with E-state index in [0.717, 1.165) is 55.6 Å². The summed E-state index contributed by atoms with van der Waals surface area (Å²) in [5, 5.41) is 16.5. The van der Waals surface area contributed by atoms with Crippen molar-refractivity contribution in [1.29, 1.82) is 0 Å². The van der Waals surface area contributed by atoms with Crippen molar-refractivity contribution in [3.8, 4) is 17.0 Å². The van der Waals surface area contributed by atoms with E-state index < -0.39 is 0 Å². The molecule has 2 aromatic carbocycles. The fourth-order valence-corrected chi connectivity index (χ4v) is 5.67. The lowest BCUT2D eigenvalue weighted by atomic mass is 10.00. The quantitative estimate of drug-likeness (QED) is 0.205. The lowest BCUT2D eigenvalue weighted by Crippen LogP contribution is -2.28. The molecule has 10 nitrogen and oxygen atoms in total. The average molecular weight is 542 g/mol. The van der Waals surface area contributed by atoms with Crippen molar-refractivity contribution in [2.24, 2.45) is 0 Å². The summed E-state index contributed by atoms with van der Waals surface area (Å²) in [7, 11) is 7.36. The molecule has 10 heteroatoms. The Morgan fingerprint density at radius 2 is 2.02 bits per heavy atom. The van der Waals surface area contributed by atoms with Gasteiger partial charge < -0.3 is 24.4 Å². The Morgan fingerprint density at radius 3 is 2.75 bits per heavy atom. The van der Waals surface area contributed by atoms with Crippen LogP contribution >= 0.6 is 0 Å². The van der Waals surface area contributed by atoms with Gasteiger partial charge in [-0.05, 0) is 51.3 Å². The summed E-state index contributed by atoms with van der Waals surface area (Å²) in [6.45, 7) is 2.39. The number of aryl methyl sites for hydroxylation is 2. The largest absolute Gasteiger partial charge is 0.494 e.